The molecule has 1 saturated heterocycles. The maximum absolute atomic E-state index is 10.2. The van der Waals surface area contributed by atoms with Crippen LogP contribution in [0.3, 0.4) is 0 Å². The molecule has 0 aromatic carbocycles. The second-order valence-electron chi connectivity index (χ2n) is 5.39. The molecule has 16 heavy (non-hydrogen) atoms. The van der Waals surface area contributed by atoms with Crippen LogP contribution in [0.15, 0.2) is 0 Å². The van der Waals surface area contributed by atoms with Crippen molar-refractivity contribution < 1.29 is 9.84 Å². The predicted molar refractivity (Wildman–Crippen MR) is 64.4 cm³/mol. The van der Waals surface area contributed by atoms with Gasteiger partial charge in [-0.3, -0.25) is 0 Å². The van der Waals surface area contributed by atoms with Crippen LogP contribution in [0.2, 0.25) is 0 Å². The summed E-state index contributed by atoms with van der Waals surface area (Å²) in [7, 11) is 0. The molecule has 2 atom stereocenters. The summed E-state index contributed by atoms with van der Waals surface area (Å²) in [5.41, 5.74) is 0. The van der Waals surface area contributed by atoms with Gasteiger partial charge in [0, 0.05) is 25.6 Å². The van der Waals surface area contributed by atoms with Gasteiger partial charge >= 0.3 is 0 Å². The van der Waals surface area contributed by atoms with Crippen LogP contribution in [0, 0.1) is 11.8 Å². The molecule has 3 nitrogen and oxygen atoms in total. The summed E-state index contributed by atoms with van der Waals surface area (Å²) >= 11 is 0. The number of hydrogen-bond acceptors (Lipinski definition) is 3. The quantitative estimate of drug-likeness (QED) is 0.715. The molecule has 0 aromatic heterocycles. The molecule has 2 aliphatic rings. The van der Waals surface area contributed by atoms with Gasteiger partial charge in [-0.05, 0) is 38.1 Å². The fourth-order valence-electron chi connectivity index (χ4n) is 2.51. The van der Waals surface area contributed by atoms with E-state index in [0.717, 1.165) is 38.6 Å². The van der Waals surface area contributed by atoms with Crippen molar-refractivity contribution in [3.8, 4) is 0 Å². The van der Waals surface area contributed by atoms with Gasteiger partial charge in [0.2, 0.25) is 0 Å². The lowest BCUT2D eigenvalue weighted by molar-refractivity contribution is 0.0544. The first-order valence-corrected chi connectivity index (χ1v) is 6.77. The zero-order chi connectivity index (χ0) is 11.4. The maximum atomic E-state index is 10.2. The first-order valence-electron chi connectivity index (χ1n) is 6.77. The molecule has 2 rings (SSSR count). The molecule has 1 saturated carbocycles. The van der Waals surface area contributed by atoms with Gasteiger partial charge in [-0.15, -0.1) is 0 Å². The summed E-state index contributed by atoms with van der Waals surface area (Å²) in [4.78, 5) is 2.45. The predicted octanol–water partition coefficient (Wildman–Crippen LogP) is 1.51. The number of nitrogens with zero attached hydrogens (tertiary/aromatic N) is 1. The van der Waals surface area contributed by atoms with Crippen LogP contribution in [0.5, 0.6) is 0 Å². The molecule has 1 aliphatic carbocycles. The van der Waals surface area contributed by atoms with Gasteiger partial charge in [0.05, 0.1) is 12.7 Å². The molecule has 0 spiro atoms. The summed E-state index contributed by atoms with van der Waals surface area (Å²) in [5, 5.41) is 10.2. The van der Waals surface area contributed by atoms with E-state index in [4.69, 9.17) is 4.74 Å². The van der Waals surface area contributed by atoms with Crippen molar-refractivity contribution in [2.75, 3.05) is 32.8 Å². The Bertz CT molecular complexity index is 200. The van der Waals surface area contributed by atoms with Gasteiger partial charge in [0.1, 0.15) is 0 Å². The van der Waals surface area contributed by atoms with Crippen molar-refractivity contribution in [1.29, 1.82) is 0 Å². The largest absolute Gasteiger partial charge is 0.391 e. The lowest BCUT2D eigenvalue weighted by atomic mass is 10.0. The van der Waals surface area contributed by atoms with E-state index in [9.17, 15) is 5.11 Å². The van der Waals surface area contributed by atoms with E-state index >= 15 is 0 Å². The molecule has 2 unspecified atom stereocenters. The lowest BCUT2D eigenvalue weighted by Crippen LogP contribution is -2.38. The first-order chi connectivity index (χ1) is 7.79. The van der Waals surface area contributed by atoms with E-state index in [-0.39, 0.29) is 6.10 Å². The van der Waals surface area contributed by atoms with Crippen LogP contribution in [0.4, 0.5) is 0 Å². The third kappa shape index (κ3) is 3.72. The smallest absolute Gasteiger partial charge is 0.0718 e. The van der Waals surface area contributed by atoms with Gasteiger partial charge in [-0.2, -0.15) is 0 Å². The minimum Gasteiger partial charge on any atom is -0.391 e. The van der Waals surface area contributed by atoms with Gasteiger partial charge in [0.25, 0.3) is 0 Å². The highest BCUT2D eigenvalue weighted by molar-refractivity contribution is 4.81. The average Bonchev–Trinajstić information content (AvgIpc) is 2.91. The number of aliphatic hydroxyl groups excluding tert-OH is 1. The van der Waals surface area contributed by atoms with Gasteiger partial charge < -0.3 is 14.7 Å². The van der Waals surface area contributed by atoms with Crippen LogP contribution in [0.1, 0.15) is 32.6 Å². The molecule has 2 fully saturated rings. The standard InChI is InChI=1S/C13H25NO2/c1-2-6-14(8-11-3-4-11)9-13(15)12-5-7-16-10-12/h11-13,15H,2-10H2,1H3. The number of rotatable bonds is 7. The molecule has 1 aliphatic heterocycles. The Balaban J connectivity index is 1.73. The Morgan fingerprint density at radius 1 is 1.38 bits per heavy atom. The maximum Gasteiger partial charge on any atom is 0.0718 e. The van der Waals surface area contributed by atoms with E-state index in [2.05, 4.69) is 11.8 Å². The Kier molecular flexibility index (Phi) is 4.62. The van der Waals surface area contributed by atoms with E-state index < -0.39 is 0 Å². The third-order valence-corrected chi connectivity index (χ3v) is 3.71. The molecule has 3 heteroatoms. The summed E-state index contributed by atoms with van der Waals surface area (Å²) in [6.45, 7) is 6.96. The van der Waals surface area contributed by atoms with Gasteiger partial charge in [-0.1, -0.05) is 6.92 Å². The molecular weight excluding hydrogens is 202 g/mol. The summed E-state index contributed by atoms with van der Waals surface area (Å²) in [6, 6.07) is 0. The summed E-state index contributed by atoms with van der Waals surface area (Å²) in [5.74, 6) is 1.29. The van der Waals surface area contributed by atoms with E-state index in [1.165, 1.54) is 25.8 Å². The minimum absolute atomic E-state index is 0.187. The summed E-state index contributed by atoms with van der Waals surface area (Å²) in [6.07, 6.45) is 4.81. The van der Waals surface area contributed by atoms with Gasteiger partial charge in [0.15, 0.2) is 0 Å². The van der Waals surface area contributed by atoms with Crippen molar-refractivity contribution in [2.24, 2.45) is 11.8 Å². The van der Waals surface area contributed by atoms with Crippen LogP contribution in [0.25, 0.3) is 0 Å². The number of ether oxygens (including phenoxy) is 1. The monoisotopic (exact) mass is 227 g/mol. The molecule has 0 radical (unpaired) electrons. The SMILES string of the molecule is CCCN(CC1CC1)CC(O)C1CCOC1. The lowest BCUT2D eigenvalue weighted by Gasteiger charge is -2.26. The molecule has 94 valence electrons. The second kappa shape index (κ2) is 5.99. The Labute approximate surface area is 98.8 Å². The fourth-order valence-corrected chi connectivity index (χ4v) is 2.51. The molecule has 0 bridgehead atoms. The Morgan fingerprint density at radius 2 is 2.19 bits per heavy atom. The van der Waals surface area contributed by atoms with Crippen molar-refractivity contribution in [3.63, 3.8) is 0 Å². The van der Waals surface area contributed by atoms with E-state index in [0.29, 0.717) is 5.92 Å². The second-order valence-corrected chi connectivity index (χ2v) is 5.39. The first kappa shape index (κ1) is 12.3. The van der Waals surface area contributed by atoms with Crippen molar-refractivity contribution in [1.82, 2.24) is 4.90 Å². The van der Waals surface area contributed by atoms with Crippen LogP contribution < -0.4 is 0 Å². The molecule has 0 amide bonds. The highest BCUT2D eigenvalue weighted by atomic mass is 16.5. The van der Waals surface area contributed by atoms with Crippen LogP contribution in [-0.2, 0) is 4.74 Å². The highest BCUT2D eigenvalue weighted by Gasteiger charge is 2.28. The molecule has 0 aromatic rings. The van der Waals surface area contributed by atoms with E-state index in [1.807, 2.05) is 0 Å². The van der Waals surface area contributed by atoms with Crippen molar-refractivity contribution in [2.45, 2.75) is 38.7 Å². The highest BCUT2D eigenvalue weighted by Crippen LogP contribution is 2.30. The zero-order valence-corrected chi connectivity index (χ0v) is 10.4. The normalized spacial score (nSPS) is 27.6. The van der Waals surface area contributed by atoms with Crippen LogP contribution in [-0.4, -0.2) is 49.0 Å². The number of aliphatic hydroxyl groups is 1. The summed E-state index contributed by atoms with van der Waals surface area (Å²) < 4.78 is 5.33. The Hall–Kier alpha value is -0.120. The van der Waals surface area contributed by atoms with Crippen molar-refractivity contribution in [3.05, 3.63) is 0 Å². The molecule has 1 heterocycles. The minimum atomic E-state index is -0.187. The average molecular weight is 227 g/mol. The Morgan fingerprint density at radius 3 is 2.75 bits per heavy atom. The topological polar surface area (TPSA) is 32.7 Å². The molecular formula is C13H25NO2. The van der Waals surface area contributed by atoms with Gasteiger partial charge in [-0.25, -0.2) is 0 Å². The molecule has 1 N–H and O–H groups in total. The van der Waals surface area contributed by atoms with Crippen molar-refractivity contribution >= 4 is 0 Å². The third-order valence-electron chi connectivity index (χ3n) is 3.71. The van der Waals surface area contributed by atoms with Crippen LogP contribution >= 0.6 is 0 Å². The zero-order valence-electron chi connectivity index (χ0n) is 10.4. The van der Waals surface area contributed by atoms with E-state index in [1.54, 1.807) is 0 Å². The number of hydrogen-bond donors (Lipinski definition) is 1. The fraction of sp³-hybridized carbons (Fsp3) is 1.00.